The largest absolute Gasteiger partial charge is 0.496 e. The zero-order chi connectivity index (χ0) is 21.6. The molecule has 8 heteroatoms. The summed E-state index contributed by atoms with van der Waals surface area (Å²) in [5.74, 6) is 0.597. The fourth-order valence-electron chi connectivity index (χ4n) is 3.03. The summed E-state index contributed by atoms with van der Waals surface area (Å²) in [5.41, 5.74) is 0.161. The van der Waals surface area contributed by atoms with Crippen molar-refractivity contribution in [3.63, 3.8) is 0 Å². The van der Waals surface area contributed by atoms with Crippen LogP contribution in [0.25, 0.3) is 10.8 Å². The second-order valence-corrected chi connectivity index (χ2v) is 8.21. The van der Waals surface area contributed by atoms with Gasteiger partial charge in [0.2, 0.25) is 10.0 Å². The third-order valence-corrected chi connectivity index (χ3v) is 5.92. The van der Waals surface area contributed by atoms with Crippen LogP contribution in [0, 0.1) is 0 Å². The molecule has 0 aliphatic heterocycles. The first-order valence-electron chi connectivity index (χ1n) is 9.52. The van der Waals surface area contributed by atoms with Gasteiger partial charge < -0.3 is 14.8 Å². The average Bonchev–Trinajstić information content (AvgIpc) is 2.76. The Balaban J connectivity index is 1.68. The van der Waals surface area contributed by atoms with Crippen LogP contribution >= 0.6 is 0 Å². The van der Waals surface area contributed by atoms with Gasteiger partial charge in [0.05, 0.1) is 17.6 Å². The maximum absolute atomic E-state index is 12.6. The molecule has 158 valence electrons. The van der Waals surface area contributed by atoms with Crippen LogP contribution in [-0.4, -0.2) is 41.1 Å². The third kappa shape index (κ3) is 4.90. The molecule has 0 saturated heterocycles. The molecule has 2 N–H and O–H groups in total. The molecule has 3 aromatic carbocycles. The zero-order valence-electron chi connectivity index (χ0n) is 16.8. The Kier molecular flexibility index (Phi) is 6.91. The lowest BCUT2D eigenvalue weighted by Crippen LogP contribution is -2.29. The summed E-state index contributed by atoms with van der Waals surface area (Å²) in [4.78, 5) is 12.2. The molecule has 0 atom stereocenters. The fourth-order valence-corrected chi connectivity index (χ4v) is 4.07. The number of sulfonamides is 1. The minimum atomic E-state index is -3.82. The summed E-state index contributed by atoms with van der Waals surface area (Å²) in [6.07, 6.45) is 0. The second-order valence-electron chi connectivity index (χ2n) is 6.45. The highest BCUT2D eigenvalue weighted by Crippen LogP contribution is 2.25. The Morgan fingerprint density at radius 3 is 2.53 bits per heavy atom. The molecule has 0 aliphatic carbocycles. The van der Waals surface area contributed by atoms with Crippen molar-refractivity contribution in [2.24, 2.45) is 0 Å². The molecule has 0 aromatic heterocycles. The number of rotatable bonds is 9. The van der Waals surface area contributed by atoms with E-state index in [4.69, 9.17) is 9.47 Å². The number of hydrogen-bond acceptors (Lipinski definition) is 5. The van der Waals surface area contributed by atoms with E-state index in [0.29, 0.717) is 18.0 Å². The van der Waals surface area contributed by atoms with Gasteiger partial charge >= 0.3 is 0 Å². The average molecular weight is 429 g/mol. The summed E-state index contributed by atoms with van der Waals surface area (Å²) >= 11 is 0. The maximum Gasteiger partial charge on any atom is 0.255 e. The van der Waals surface area contributed by atoms with Crippen LogP contribution in [0.3, 0.4) is 0 Å². The molecule has 0 bridgehead atoms. The summed E-state index contributed by atoms with van der Waals surface area (Å²) in [7, 11) is -2.39. The Labute approximate surface area is 176 Å². The molecular weight excluding hydrogens is 404 g/mol. The van der Waals surface area contributed by atoms with Gasteiger partial charge in [-0.15, -0.1) is 0 Å². The monoisotopic (exact) mass is 428 g/mol. The third-order valence-electron chi connectivity index (χ3n) is 4.46. The first-order chi connectivity index (χ1) is 14.5. The molecule has 30 heavy (non-hydrogen) atoms. The summed E-state index contributed by atoms with van der Waals surface area (Å²) in [6.45, 7) is 2.44. The van der Waals surface area contributed by atoms with Gasteiger partial charge in [-0.3, -0.25) is 4.79 Å². The van der Waals surface area contributed by atoms with Gasteiger partial charge in [-0.1, -0.05) is 36.4 Å². The summed E-state index contributed by atoms with van der Waals surface area (Å²) < 4.78 is 38.7. The minimum Gasteiger partial charge on any atom is -0.496 e. The van der Waals surface area contributed by atoms with E-state index in [-0.39, 0.29) is 23.6 Å². The second kappa shape index (κ2) is 9.60. The molecule has 0 aliphatic rings. The van der Waals surface area contributed by atoms with Crippen LogP contribution in [0.5, 0.6) is 11.5 Å². The quantitative estimate of drug-likeness (QED) is 0.511. The maximum atomic E-state index is 12.6. The van der Waals surface area contributed by atoms with Crippen molar-refractivity contribution < 1.29 is 22.7 Å². The van der Waals surface area contributed by atoms with E-state index in [9.17, 15) is 13.2 Å². The zero-order valence-corrected chi connectivity index (χ0v) is 17.7. The number of methoxy groups -OCH3 is 1. The molecule has 7 nitrogen and oxygen atoms in total. The number of fused-ring (bicyclic) bond motifs is 1. The van der Waals surface area contributed by atoms with E-state index in [1.54, 1.807) is 6.92 Å². The molecule has 3 rings (SSSR count). The van der Waals surface area contributed by atoms with Crippen molar-refractivity contribution in [3.8, 4) is 11.5 Å². The number of ether oxygens (including phenoxy) is 2. The molecule has 0 unspecified atom stereocenters. The normalized spacial score (nSPS) is 11.3. The fraction of sp³-hybridized carbons (Fsp3) is 0.227. The molecule has 1 amide bonds. The Hall–Kier alpha value is -3.10. The van der Waals surface area contributed by atoms with E-state index in [1.807, 2.05) is 42.5 Å². The highest BCUT2D eigenvalue weighted by Gasteiger charge is 2.19. The number of carbonyl (C=O) groups excluding carboxylic acids is 1. The van der Waals surface area contributed by atoms with Crippen LogP contribution in [0.2, 0.25) is 0 Å². The number of nitrogens with one attached hydrogen (secondary N) is 2. The van der Waals surface area contributed by atoms with Crippen LogP contribution in [0.15, 0.2) is 65.6 Å². The number of carbonyl (C=O) groups is 1. The smallest absolute Gasteiger partial charge is 0.255 e. The lowest BCUT2D eigenvalue weighted by molar-refractivity contribution is 0.0952. The van der Waals surface area contributed by atoms with E-state index in [1.165, 1.54) is 25.3 Å². The molecule has 0 fully saturated rings. The van der Waals surface area contributed by atoms with Crippen LogP contribution < -0.4 is 19.5 Å². The van der Waals surface area contributed by atoms with E-state index in [2.05, 4.69) is 10.0 Å². The summed E-state index contributed by atoms with van der Waals surface area (Å²) in [6, 6.07) is 17.7. The van der Waals surface area contributed by atoms with Crippen LogP contribution in [0.1, 0.15) is 17.3 Å². The molecular formula is C22H24N2O5S. The molecule has 0 saturated carbocycles. The number of hydrogen-bond donors (Lipinski definition) is 2. The van der Waals surface area contributed by atoms with Crippen LogP contribution in [0.4, 0.5) is 0 Å². The van der Waals surface area contributed by atoms with Crippen molar-refractivity contribution in [2.45, 2.75) is 11.8 Å². The highest BCUT2D eigenvalue weighted by molar-refractivity contribution is 7.89. The molecule has 3 aromatic rings. The Morgan fingerprint density at radius 1 is 1.00 bits per heavy atom. The molecule has 0 spiro atoms. The van der Waals surface area contributed by atoms with Gasteiger partial charge in [-0.25, -0.2) is 13.1 Å². The van der Waals surface area contributed by atoms with Crippen molar-refractivity contribution >= 4 is 26.7 Å². The van der Waals surface area contributed by atoms with Crippen molar-refractivity contribution in [1.82, 2.24) is 10.0 Å². The van der Waals surface area contributed by atoms with E-state index >= 15 is 0 Å². The minimum absolute atomic E-state index is 0.0188. The predicted octanol–water partition coefficient (Wildman–Crippen LogP) is 2.96. The first-order valence-corrected chi connectivity index (χ1v) is 11.0. The molecule has 0 heterocycles. The lowest BCUT2D eigenvalue weighted by atomic mass is 10.1. The predicted molar refractivity (Wildman–Crippen MR) is 116 cm³/mol. The van der Waals surface area contributed by atoms with Crippen molar-refractivity contribution in [1.29, 1.82) is 0 Å². The van der Waals surface area contributed by atoms with Gasteiger partial charge in [0.25, 0.3) is 5.91 Å². The Bertz CT molecular complexity index is 1140. The van der Waals surface area contributed by atoms with Crippen molar-refractivity contribution in [3.05, 3.63) is 66.2 Å². The topological polar surface area (TPSA) is 93.7 Å². The van der Waals surface area contributed by atoms with E-state index in [0.717, 1.165) is 10.8 Å². The standard InChI is InChI=1S/C22H24N2O5S/c1-3-23-22(25)19-15-17(11-12-20(19)28-2)30(26,27)24-13-14-29-21-10-6-8-16-7-4-5-9-18(16)21/h4-12,15,24H,3,13-14H2,1-2H3,(H,23,25). The van der Waals surface area contributed by atoms with E-state index < -0.39 is 15.9 Å². The van der Waals surface area contributed by atoms with Gasteiger partial charge in [-0.2, -0.15) is 0 Å². The number of benzene rings is 3. The summed E-state index contributed by atoms with van der Waals surface area (Å²) in [5, 5.41) is 4.66. The van der Waals surface area contributed by atoms with Crippen molar-refractivity contribution in [2.75, 3.05) is 26.8 Å². The highest BCUT2D eigenvalue weighted by atomic mass is 32.2. The first kappa shape index (κ1) is 21.6. The van der Waals surface area contributed by atoms with Gasteiger partial charge in [-0.05, 0) is 36.6 Å². The van der Waals surface area contributed by atoms with Crippen LogP contribution in [-0.2, 0) is 10.0 Å². The van der Waals surface area contributed by atoms with Gasteiger partial charge in [0.1, 0.15) is 18.1 Å². The Morgan fingerprint density at radius 2 is 1.77 bits per heavy atom. The van der Waals surface area contributed by atoms with Gasteiger partial charge in [0.15, 0.2) is 0 Å². The molecule has 0 radical (unpaired) electrons. The van der Waals surface area contributed by atoms with Gasteiger partial charge in [0, 0.05) is 18.5 Å². The lowest BCUT2D eigenvalue weighted by Gasteiger charge is -2.13. The number of amides is 1. The SMILES string of the molecule is CCNC(=O)c1cc(S(=O)(=O)NCCOc2cccc3ccccc23)ccc1OC.